The second-order valence-corrected chi connectivity index (χ2v) is 6.18. The lowest BCUT2D eigenvalue weighted by Crippen LogP contribution is -2.14. The van der Waals surface area contributed by atoms with Crippen LogP contribution in [0.4, 0.5) is 5.69 Å². The van der Waals surface area contributed by atoms with Crippen LogP contribution in [0.25, 0.3) is 0 Å². The van der Waals surface area contributed by atoms with Gasteiger partial charge in [-0.2, -0.15) is 0 Å². The summed E-state index contributed by atoms with van der Waals surface area (Å²) in [5, 5.41) is 3.01. The molecule has 4 nitrogen and oxygen atoms in total. The molecule has 0 aliphatic rings. The number of ether oxygens (including phenoxy) is 2. The first kappa shape index (κ1) is 18.8. The first-order valence-corrected chi connectivity index (χ1v) is 8.73. The molecular weight excluding hydrogens is 314 g/mol. The van der Waals surface area contributed by atoms with Gasteiger partial charge in [0.25, 0.3) is 0 Å². The fourth-order valence-corrected chi connectivity index (χ4v) is 2.80. The van der Waals surface area contributed by atoms with E-state index in [2.05, 4.69) is 24.4 Å². The highest BCUT2D eigenvalue weighted by Gasteiger charge is 2.08. The SMILES string of the molecule is CCOc1ccc(OCCCC(=O)Nc2c(C)cc(C)cc2C)cc1. The molecule has 1 amide bonds. The molecule has 0 radical (unpaired) electrons. The molecule has 0 saturated carbocycles. The molecule has 0 fully saturated rings. The van der Waals surface area contributed by atoms with Crippen LogP contribution in [0.2, 0.25) is 0 Å². The van der Waals surface area contributed by atoms with Crippen molar-refractivity contribution < 1.29 is 14.3 Å². The Bertz CT molecular complexity index is 685. The average molecular weight is 341 g/mol. The molecule has 0 aliphatic heterocycles. The van der Waals surface area contributed by atoms with Gasteiger partial charge in [-0.15, -0.1) is 0 Å². The summed E-state index contributed by atoms with van der Waals surface area (Å²) < 4.78 is 11.1. The van der Waals surface area contributed by atoms with E-state index in [-0.39, 0.29) is 5.91 Å². The van der Waals surface area contributed by atoms with Crippen LogP contribution in [0.3, 0.4) is 0 Å². The van der Waals surface area contributed by atoms with E-state index in [1.165, 1.54) is 5.56 Å². The topological polar surface area (TPSA) is 47.6 Å². The molecule has 2 aromatic carbocycles. The highest BCUT2D eigenvalue weighted by atomic mass is 16.5. The van der Waals surface area contributed by atoms with Crippen molar-refractivity contribution in [3.63, 3.8) is 0 Å². The van der Waals surface area contributed by atoms with Gasteiger partial charge in [-0.25, -0.2) is 0 Å². The van der Waals surface area contributed by atoms with Crippen molar-refractivity contribution in [3.8, 4) is 11.5 Å². The molecule has 0 aromatic heterocycles. The van der Waals surface area contributed by atoms with Gasteiger partial charge in [0, 0.05) is 12.1 Å². The zero-order valence-corrected chi connectivity index (χ0v) is 15.5. The Morgan fingerprint density at radius 3 is 2.08 bits per heavy atom. The molecule has 4 heteroatoms. The molecule has 25 heavy (non-hydrogen) atoms. The summed E-state index contributed by atoms with van der Waals surface area (Å²) in [6.07, 6.45) is 1.10. The number of amides is 1. The number of carbonyl (C=O) groups excluding carboxylic acids is 1. The molecule has 0 spiro atoms. The van der Waals surface area contributed by atoms with Gasteiger partial charge in [0.05, 0.1) is 13.2 Å². The van der Waals surface area contributed by atoms with Crippen molar-refractivity contribution in [2.24, 2.45) is 0 Å². The van der Waals surface area contributed by atoms with Gasteiger partial charge < -0.3 is 14.8 Å². The van der Waals surface area contributed by atoms with Crippen LogP contribution in [0.1, 0.15) is 36.5 Å². The second-order valence-electron chi connectivity index (χ2n) is 6.18. The highest BCUT2D eigenvalue weighted by Crippen LogP contribution is 2.22. The molecule has 0 bridgehead atoms. The monoisotopic (exact) mass is 341 g/mol. The Morgan fingerprint density at radius 2 is 1.52 bits per heavy atom. The lowest BCUT2D eigenvalue weighted by atomic mass is 10.0. The second kappa shape index (κ2) is 9.11. The third-order valence-electron chi connectivity index (χ3n) is 3.89. The largest absolute Gasteiger partial charge is 0.494 e. The summed E-state index contributed by atoms with van der Waals surface area (Å²) >= 11 is 0. The normalized spacial score (nSPS) is 10.4. The summed E-state index contributed by atoms with van der Waals surface area (Å²) in [7, 11) is 0. The first-order chi connectivity index (χ1) is 12.0. The highest BCUT2D eigenvalue weighted by molar-refractivity contribution is 5.92. The number of hydrogen-bond donors (Lipinski definition) is 1. The van der Waals surface area contributed by atoms with Crippen molar-refractivity contribution in [3.05, 3.63) is 53.1 Å². The van der Waals surface area contributed by atoms with Crippen LogP contribution >= 0.6 is 0 Å². The van der Waals surface area contributed by atoms with Crippen molar-refractivity contribution in [2.45, 2.75) is 40.5 Å². The van der Waals surface area contributed by atoms with Gasteiger partial charge in [0.1, 0.15) is 11.5 Å². The van der Waals surface area contributed by atoms with E-state index in [4.69, 9.17) is 9.47 Å². The molecule has 2 aromatic rings. The first-order valence-electron chi connectivity index (χ1n) is 8.73. The van der Waals surface area contributed by atoms with E-state index >= 15 is 0 Å². The van der Waals surface area contributed by atoms with Gasteiger partial charge >= 0.3 is 0 Å². The van der Waals surface area contributed by atoms with Crippen LogP contribution < -0.4 is 14.8 Å². The summed E-state index contributed by atoms with van der Waals surface area (Å²) in [6, 6.07) is 11.7. The van der Waals surface area contributed by atoms with Gasteiger partial charge in [-0.05, 0) is 69.5 Å². The summed E-state index contributed by atoms with van der Waals surface area (Å²) in [4.78, 5) is 12.1. The van der Waals surface area contributed by atoms with Crippen LogP contribution in [0.5, 0.6) is 11.5 Å². The predicted octanol–water partition coefficient (Wildman–Crippen LogP) is 4.81. The minimum Gasteiger partial charge on any atom is -0.494 e. The van der Waals surface area contributed by atoms with Gasteiger partial charge in [0.2, 0.25) is 5.91 Å². The zero-order chi connectivity index (χ0) is 18.2. The fourth-order valence-electron chi connectivity index (χ4n) is 2.80. The fraction of sp³-hybridized carbons (Fsp3) is 0.381. The average Bonchev–Trinajstić information content (AvgIpc) is 2.56. The van der Waals surface area contributed by atoms with E-state index in [9.17, 15) is 4.79 Å². The van der Waals surface area contributed by atoms with Crippen LogP contribution in [-0.4, -0.2) is 19.1 Å². The van der Waals surface area contributed by atoms with Crippen molar-refractivity contribution in [2.75, 3.05) is 18.5 Å². The summed E-state index contributed by atoms with van der Waals surface area (Å²) in [6.45, 7) is 9.21. The number of rotatable bonds is 8. The van der Waals surface area contributed by atoms with Crippen LogP contribution in [-0.2, 0) is 4.79 Å². The number of hydrogen-bond acceptors (Lipinski definition) is 3. The molecule has 2 rings (SSSR count). The standard InChI is InChI=1S/C21H27NO3/c1-5-24-18-8-10-19(11-9-18)25-12-6-7-20(23)22-21-16(3)13-15(2)14-17(21)4/h8-11,13-14H,5-7,12H2,1-4H3,(H,22,23). The predicted molar refractivity (Wildman–Crippen MR) is 102 cm³/mol. The van der Waals surface area contributed by atoms with Gasteiger partial charge in [-0.1, -0.05) is 17.7 Å². The minimum atomic E-state index is 0.0188. The number of nitrogens with one attached hydrogen (secondary N) is 1. The lowest BCUT2D eigenvalue weighted by molar-refractivity contribution is -0.116. The molecule has 1 N–H and O–H groups in total. The van der Waals surface area contributed by atoms with E-state index in [0.717, 1.165) is 28.3 Å². The lowest BCUT2D eigenvalue weighted by Gasteiger charge is -2.13. The maximum absolute atomic E-state index is 12.1. The van der Waals surface area contributed by atoms with Crippen molar-refractivity contribution in [1.82, 2.24) is 0 Å². The molecule has 0 unspecified atom stereocenters. The molecular formula is C21H27NO3. The van der Waals surface area contributed by atoms with E-state index in [1.807, 2.05) is 45.0 Å². The molecule has 0 heterocycles. The Hall–Kier alpha value is -2.49. The maximum Gasteiger partial charge on any atom is 0.224 e. The Labute approximate surface area is 150 Å². The van der Waals surface area contributed by atoms with Crippen molar-refractivity contribution >= 4 is 11.6 Å². The molecule has 0 atom stereocenters. The smallest absolute Gasteiger partial charge is 0.224 e. The number of aryl methyl sites for hydroxylation is 3. The Morgan fingerprint density at radius 1 is 0.960 bits per heavy atom. The van der Waals surface area contributed by atoms with E-state index in [1.54, 1.807) is 0 Å². The Balaban J connectivity index is 1.75. The third-order valence-corrected chi connectivity index (χ3v) is 3.89. The molecule has 0 aliphatic carbocycles. The quantitative estimate of drug-likeness (QED) is 0.701. The number of benzene rings is 2. The molecule has 0 saturated heterocycles. The minimum absolute atomic E-state index is 0.0188. The maximum atomic E-state index is 12.1. The van der Waals surface area contributed by atoms with Crippen molar-refractivity contribution in [1.29, 1.82) is 0 Å². The summed E-state index contributed by atoms with van der Waals surface area (Å²) in [5.41, 5.74) is 4.31. The molecule has 134 valence electrons. The van der Waals surface area contributed by atoms with E-state index in [0.29, 0.717) is 26.1 Å². The summed E-state index contributed by atoms with van der Waals surface area (Å²) in [5.74, 6) is 1.64. The number of carbonyl (C=O) groups is 1. The van der Waals surface area contributed by atoms with Gasteiger partial charge in [0.15, 0.2) is 0 Å². The number of anilines is 1. The zero-order valence-electron chi connectivity index (χ0n) is 15.5. The van der Waals surface area contributed by atoms with Crippen LogP contribution in [0.15, 0.2) is 36.4 Å². The van der Waals surface area contributed by atoms with E-state index < -0.39 is 0 Å². The third kappa shape index (κ3) is 5.82. The van der Waals surface area contributed by atoms with Crippen LogP contribution in [0, 0.1) is 20.8 Å². The van der Waals surface area contributed by atoms with Gasteiger partial charge in [-0.3, -0.25) is 4.79 Å². The Kier molecular flexibility index (Phi) is 6.87.